The van der Waals surface area contributed by atoms with Gasteiger partial charge in [0.1, 0.15) is 5.75 Å². The van der Waals surface area contributed by atoms with Crippen LogP contribution in [0.2, 0.25) is 0 Å². The summed E-state index contributed by atoms with van der Waals surface area (Å²) in [5.41, 5.74) is 7.22. The predicted molar refractivity (Wildman–Crippen MR) is 83.5 cm³/mol. The first-order valence-electron chi connectivity index (χ1n) is 7.86. The molecule has 0 radical (unpaired) electrons. The minimum Gasteiger partial charge on any atom is -0.491 e. The van der Waals surface area contributed by atoms with E-state index in [0.29, 0.717) is 13.2 Å². The molecule has 0 amide bonds. The third-order valence-corrected chi connectivity index (χ3v) is 3.56. The van der Waals surface area contributed by atoms with Gasteiger partial charge in [-0.25, -0.2) is 0 Å². The number of nitrogens with two attached hydrogens (primary N) is 1. The van der Waals surface area contributed by atoms with Gasteiger partial charge in [-0.2, -0.15) is 0 Å². The van der Waals surface area contributed by atoms with Crippen LogP contribution in [0.3, 0.4) is 0 Å². The Bertz CT molecular complexity index is 399. The Morgan fingerprint density at radius 3 is 2.62 bits per heavy atom. The fourth-order valence-corrected chi connectivity index (χ4v) is 2.43. The summed E-state index contributed by atoms with van der Waals surface area (Å²) >= 11 is 0. The highest BCUT2D eigenvalue weighted by Crippen LogP contribution is 2.18. The van der Waals surface area contributed by atoms with E-state index >= 15 is 0 Å². The fourth-order valence-electron chi connectivity index (χ4n) is 2.43. The van der Waals surface area contributed by atoms with Crippen LogP contribution in [0.4, 0.5) is 0 Å². The van der Waals surface area contributed by atoms with Crippen molar-refractivity contribution in [3.05, 3.63) is 29.8 Å². The summed E-state index contributed by atoms with van der Waals surface area (Å²) in [4.78, 5) is 0. The lowest BCUT2D eigenvalue weighted by molar-refractivity contribution is -0.0428. The standard InChI is InChI=1S/C17H27NO3/c1-13(2)21-15-8-6-14(7-9-15)17(18)12-19-11-16-5-3-4-10-20-16/h6-9,13,16-17H,3-5,10-12,18H2,1-2H3. The zero-order valence-electron chi connectivity index (χ0n) is 13.1. The van der Waals surface area contributed by atoms with E-state index in [2.05, 4.69) is 0 Å². The molecule has 0 aromatic heterocycles. The Hall–Kier alpha value is -1.10. The lowest BCUT2D eigenvalue weighted by Gasteiger charge is -2.23. The maximum atomic E-state index is 6.16. The number of rotatable bonds is 7. The molecule has 1 saturated heterocycles. The van der Waals surface area contributed by atoms with Gasteiger partial charge in [0.05, 0.1) is 31.5 Å². The van der Waals surface area contributed by atoms with Crippen molar-refractivity contribution < 1.29 is 14.2 Å². The van der Waals surface area contributed by atoms with Gasteiger partial charge in [-0.1, -0.05) is 12.1 Å². The summed E-state index contributed by atoms with van der Waals surface area (Å²) in [5.74, 6) is 0.873. The molecule has 1 aromatic rings. The normalized spacial score (nSPS) is 20.5. The van der Waals surface area contributed by atoms with Gasteiger partial charge in [-0.15, -0.1) is 0 Å². The molecule has 2 N–H and O–H groups in total. The van der Waals surface area contributed by atoms with E-state index in [1.165, 1.54) is 12.8 Å². The zero-order valence-corrected chi connectivity index (χ0v) is 13.1. The third kappa shape index (κ3) is 5.65. The minimum atomic E-state index is -0.110. The second kappa shape index (κ2) is 8.37. The number of ether oxygens (including phenoxy) is 3. The van der Waals surface area contributed by atoms with E-state index in [4.69, 9.17) is 19.9 Å². The summed E-state index contributed by atoms with van der Waals surface area (Å²) in [6.07, 6.45) is 3.92. The molecule has 1 aliphatic rings. The van der Waals surface area contributed by atoms with Crippen molar-refractivity contribution >= 4 is 0 Å². The van der Waals surface area contributed by atoms with Crippen LogP contribution < -0.4 is 10.5 Å². The molecule has 2 rings (SSSR count). The van der Waals surface area contributed by atoms with Gasteiger partial charge in [0.25, 0.3) is 0 Å². The van der Waals surface area contributed by atoms with Crippen LogP contribution in [-0.4, -0.2) is 32.0 Å². The zero-order chi connectivity index (χ0) is 15.1. The second-order valence-corrected chi connectivity index (χ2v) is 5.87. The highest BCUT2D eigenvalue weighted by atomic mass is 16.5. The lowest BCUT2D eigenvalue weighted by atomic mass is 10.1. The van der Waals surface area contributed by atoms with Gasteiger partial charge >= 0.3 is 0 Å². The van der Waals surface area contributed by atoms with E-state index in [0.717, 1.165) is 24.3 Å². The molecule has 0 saturated carbocycles. The average molecular weight is 293 g/mol. The topological polar surface area (TPSA) is 53.7 Å². The fraction of sp³-hybridized carbons (Fsp3) is 0.647. The second-order valence-electron chi connectivity index (χ2n) is 5.87. The molecule has 1 aliphatic heterocycles. The van der Waals surface area contributed by atoms with E-state index in [9.17, 15) is 0 Å². The van der Waals surface area contributed by atoms with Crippen LogP contribution in [0.15, 0.2) is 24.3 Å². The van der Waals surface area contributed by atoms with Crippen LogP contribution in [0.1, 0.15) is 44.7 Å². The maximum absolute atomic E-state index is 6.16. The largest absolute Gasteiger partial charge is 0.491 e. The monoisotopic (exact) mass is 293 g/mol. The molecule has 4 nitrogen and oxygen atoms in total. The molecule has 0 aliphatic carbocycles. The molecule has 118 valence electrons. The first-order valence-corrected chi connectivity index (χ1v) is 7.86. The van der Waals surface area contributed by atoms with Gasteiger partial charge in [0.15, 0.2) is 0 Å². The van der Waals surface area contributed by atoms with Gasteiger partial charge in [0, 0.05) is 6.61 Å². The molecule has 1 aromatic carbocycles. The van der Waals surface area contributed by atoms with E-state index in [-0.39, 0.29) is 18.2 Å². The van der Waals surface area contributed by atoms with Crippen LogP contribution in [0.5, 0.6) is 5.75 Å². The molecule has 4 heteroatoms. The van der Waals surface area contributed by atoms with Crippen LogP contribution in [0, 0.1) is 0 Å². The first kappa shape index (κ1) is 16.3. The van der Waals surface area contributed by atoms with Crippen LogP contribution in [0.25, 0.3) is 0 Å². The van der Waals surface area contributed by atoms with Crippen molar-refractivity contribution in [2.24, 2.45) is 5.73 Å². The van der Waals surface area contributed by atoms with Crippen LogP contribution in [-0.2, 0) is 9.47 Å². The van der Waals surface area contributed by atoms with Crippen molar-refractivity contribution in [1.82, 2.24) is 0 Å². The maximum Gasteiger partial charge on any atom is 0.119 e. The Morgan fingerprint density at radius 2 is 2.00 bits per heavy atom. The SMILES string of the molecule is CC(C)Oc1ccc(C(N)COCC2CCCCO2)cc1. The smallest absolute Gasteiger partial charge is 0.119 e. The summed E-state index contributed by atoms with van der Waals surface area (Å²) < 4.78 is 17.0. The summed E-state index contributed by atoms with van der Waals surface area (Å²) in [6, 6.07) is 7.81. The van der Waals surface area contributed by atoms with Gasteiger partial charge < -0.3 is 19.9 Å². The molecule has 1 heterocycles. The molecule has 2 unspecified atom stereocenters. The summed E-state index contributed by atoms with van der Waals surface area (Å²) in [6.45, 7) is 6.05. The highest BCUT2D eigenvalue weighted by molar-refractivity contribution is 5.29. The predicted octanol–water partition coefficient (Wildman–Crippen LogP) is 3.06. The number of hydrogen-bond acceptors (Lipinski definition) is 4. The quantitative estimate of drug-likeness (QED) is 0.839. The van der Waals surface area contributed by atoms with E-state index in [1.807, 2.05) is 38.1 Å². The average Bonchev–Trinajstić information content (AvgIpc) is 2.48. The van der Waals surface area contributed by atoms with Crippen molar-refractivity contribution in [3.63, 3.8) is 0 Å². The first-order chi connectivity index (χ1) is 10.1. The van der Waals surface area contributed by atoms with Gasteiger partial charge in [0.2, 0.25) is 0 Å². The van der Waals surface area contributed by atoms with Crippen molar-refractivity contribution in [2.75, 3.05) is 19.8 Å². The van der Waals surface area contributed by atoms with Crippen LogP contribution >= 0.6 is 0 Å². The molecule has 1 fully saturated rings. The summed E-state index contributed by atoms with van der Waals surface area (Å²) in [5, 5.41) is 0. The Labute approximate surface area is 127 Å². The third-order valence-electron chi connectivity index (χ3n) is 3.56. The molecular weight excluding hydrogens is 266 g/mol. The molecule has 0 bridgehead atoms. The van der Waals surface area contributed by atoms with Crippen molar-refractivity contribution in [3.8, 4) is 5.75 Å². The highest BCUT2D eigenvalue weighted by Gasteiger charge is 2.15. The molecule has 0 spiro atoms. The van der Waals surface area contributed by atoms with E-state index in [1.54, 1.807) is 0 Å². The van der Waals surface area contributed by atoms with Crippen molar-refractivity contribution in [1.29, 1.82) is 0 Å². The number of hydrogen-bond donors (Lipinski definition) is 1. The minimum absolute atomic E-state index is 0.110. The molecule has 21 heavy (non-hydrogen) atoms. The lowest BCUT2D eigenvalue weighted by Crippen LogP contribution is -2.26. The number of benzene rings is 1. The Kier molecular flexibility index (Phi) is 6.49. The molecule has 2 atom stereocenters. The Balaban J connectivity index is 1.73. The molecular formula is C17H27NO3. The Morgan fingerprint density at radius 1 is 1.24 bits per heavy atom. The summed E-state index contributed by atoms with van der Waals surface area (Å²) in [7, 11) is 0. The van der Waals surface area contributed by atoms with Gasteiger partial charge in [-0.3, -0.25) is 0 Å². The van der Waals surface area contributed by atoms with Crippen molar-refractivity contribution in [2.45, 2.75) is 51.4 Å². The van der Waals surface area contributed by atoms with E-state index < -0.39 is 0 Å². The van der Waals surface area contributed by atoms with Gasteiger partial charge in [-0.05, 0) is 50.8 Å².